The van der Waals surface area contributed by atoms with E-state index in [2.05, 4.69) is 14.9 Å². The van der Waals surface area contributed by atoms with Crippen molar-refractivity contribution in [2.45, 2.75) is 35.1 Å². The van der Waals surface area contributed by atoms with Crippen molar-refractivity contribution in [2.75, 3.05) is 20.2 Å². The number of piperidine rings is 1. The quantitative estimate of drug-likeness (QED) is 0.429. The highest BCUT2D eigenvalue weighted by Gasteiger charge is 2.29. The number of hydrogen-bond donors (Lipinski definition) is 0. The SMILES string of the molecule is COC(=O)c1ccc(CSc2nnc3c(S(=O)(=O)N4CCCCC4)cccn23)o1. The van der Waals surface area contributed by atoms with Gasteiger partial charge in [-0.2, -0.15) is 4.31 Å². The molecule has 11 heteroatoms. The number of sulfonamides is 1. The molecule has 0 bridgehead atoms. The first-order valence-electron chi connectivity index (χ1n) is 9.14. The molecule has 0 spiro atoms. The first-order valence-corrected chi connectivity index (χ1v) is 11.6. The molecule has 9 nitrogen and oxygen atoms in total. The third kappa shape index (κ3) is 3.89. The van der Waals surface area contributed by atoms with Crippen molar-refractivity contribution in [3.8, 4) is 0 Å². The molecule has 3 aromatic rings. The van der Waals surface area contributed by atoms with Gasteiger partial charge in [-0.05, 0) is 37.1 Å². The molecule has 1 aliphatic heterocycles. The van der Waals surface area contributed by atoms with Gasteiger partial charge in [0.15, 0.2) is 10.8 Å². The monoisotopic (exact) mass is 436 g/mol. The Labute approximate surface area is 172 Å². The van der Waals surface area contributed by atoms with Crippen LogP contribution in [0.4, 0.5) is 0 Å². The summed E-state index contributed by atoms with van der Waals surface area (Å²) in [6.45, 7) is 1.06. The van der Waals surface area contributed by atoms with Crippen LogP contribution in [0.15, 0.2) is 44.9 Å². The summed E-state index contributed by atoms with van der Waals surface area (Å²) < 4.78 is 39.4. The molecular formula is C18H20N4O5S2. The number of nitrogens with zero attached hydrogens (tertiary/aromatic N) is 4. The molecule has 0 aliphatic carbocycles. The maximum Gasteiger partial charge on any atom is 0.373 e. The molecular weight excluding hydrogens is 416 g/mol. The summed E-state index contributed by atoms with van der Waals surface area (Å²) in [5, 5.41) is 8.80. The lowest BCUT2D eigenvalue weighted by Crippen LogP contribution is -2.35. The second kappa shape index (κ2) is 8.17. The highest BCUT2D eigenvalue weighted by atomic mass is 32.2. The molecule has 3 aromatic heterocycles. The average Bonchev–Trinajstić information content (AvgIpc) is 3.39. The number of rotatable bonds is 6. The fourth-order valence-corrected chi connectivity index (χ4v) is 5.67. The Hall–Kier alpha value is -2.37. The molecule has 1 fully saturated rings. The number of carbonyl (C=O) groups excluding carboxylic acids is 1. The number of fused-ring (bicyclic) bond motifs is 1. The smallest absolute Gasteiger partial charge is 0.373 e. The summed E-state index contributed by atoms with van der Waals surface area (Å²) in [4.78, 5) is 11.6. The largest absolute Gasteiger partial charge is 0.463 e. The number of thioether (sulfide) groups is 1. The van der Waals surface area contributed by atoms with Crippen molar-refractivity contribution in [1.82, 2.24) is 18.9 Å². The maximum absolute atomic E-state index is 13.1. The lowest BCUT2D eigenvalue weighted by Gasteiger charge is -2.25. The predicted octanol–water partition coefficient (Wildman–Crippen LogP) is 2.58. The van der Waals surface area contributed by atoms with Gasteiger partial charge in [0.1, 0.15) is 10.7 Å². The van der Waals surface area contributed by atoms with Crippen LogP contribution >= 0.6 is 11.8 Å². The number of pyridine rings is 1. The van der Waals surface area contributed by atoms with Gasteiger partial charge in [0.2, 0.25) is 15.8 Å². The van der Waals surface area contributed by atoms with Crippen LogP contribution in [0.5, 0.6) is 0 Å². The third-order valence-corrected chi connectivity index (χ3v) is 7.58. The Morgan fingerprint density at radius 2 is 2.00 bits per heavy atom. The second-order valence-electron chi connectivity index (χ2n) is 6.56. The van der Waals surface area contributed by atoms with Gasteiger partial charge in [-0.25, -0.2) is 13.2 Å². The van der Waals surface area contributed by atoms with Crippen LogP contribution in [0.1, 0.15) is 35.6 Å². The van der Waals surface area contributed by atoms with Crippen LogP contribution in [-0.4, -0.2) is 53.5 Å². The van der Waals surface area contributed by atoms with E-state index >= 15 is 0 Å². The molecule has 0 atom stereocenters. The zero-order chi connectivity index (χ0) is 20.4. The summed E-state index contributed by atoms with van der Waals surface area (Å²) in [7, 11) is -2.33. The highest BCUT2D eigenvalue weighted by molar-refractivity contribution is 7.98. The number of carbonyl (C=O) groups is 1. The Bertz CT molecular complexity index is 1130. The van der Waals surface area contributed by atoms with Crippen LogP contribution in [0, 0.1) is 0 Å². The van der Waals surface area contributed by atoms with Gasteiger partial charge < -0.3 is 9.15 Å². The van der Waals surface area contributed by atoms with Crippen molar-refractivity contribution >= 4 is 33.4 Å². The Balaban J connectivity index is 1.57. The normalized spacial score (nSPS) is 15.6. The Morgan fingerprint density at radius 3 is 2.76 bits per heavy atom. The summed E-state index contributed by atoms with van der Waals surface area (Å²) in [5.74, 6) is 0.566. The topological polar surface area (TPSA) is 107 Å². The van der Waals surface area contributed by atoms with Crippen molar-refractivity contribution in [3.63, 3.8) is 0 Å². The molecule has 0 aromatic carbocycles. The van der Waals surface area contributed by atoms with Crippen LogP contribution in [-0.2, 0) is 20.5 Å². The molecule has 4 rings (SSSR count). The van der Waals surface area contributed by atoms with E-state index in [-0.39, 0.29) is 10.7 Å². The maximum atomic E-state index is 13.1. The van der Waals surface area contributed by atoms with Crippen LogP contribution in [0.3, 0.4) is 0 Å². The van der Waals surface area contributed by atoms with Crippen LogP contribution in [0.25, 0.3) is 5.65 Å². The molecule has 1 aliphatic rings. The van der Waals surface area contributed by atoms with E-state index in [1.165, 1.54) is 23.2 Å². The summed E-state index contributed by atoms with van der Waals surface area (Å²) in [5.41, 5.74) is 0.301. The minimum Gasteiger partial charge on any atom is -0.463 e. The fourth-order valence-electron chi connectivity index (χ4n) is 3.22. The molecule has 0 N–H and O–H groups in total. The Kier molecular flexibility index (Phi) is 5.61. The zero-order valence-electron chi connectivity index (χ0n) is 15.8. The summed E-state index contributed by atoms with van der Waals surface area (Å²) >= 11 is 1.33. The van der Waals surface area contributed by atoms with E-state index in [0.29, 0.717) is 35.4 Å². The van der Waals surface area contributed by atoms with E-state index < -0.39 is 16.0 Å². The molecule has 0 amide bonds. The number of esters is 1. The van der Waals surface area contributed by atoms with Crippen molar-refractivity contribution < 1.29 is 22.4 Å². The Morgan fingerprint density at radius 1 is 1.21 bits per heavy atom. The summed E-state index contributed by atoms with van der Waals surface area (Å²) in [6.07, 6.45) is 4.51. The van der Waals surface area contributed by atoms with Crippen molar-refractivity contribution in [2.24, 2.45) is 0 Å². The fraction of sp³-hybridized carbons (Fsp3) is 0.389. The first kappa shape index (κ1) is 19.9. The molecule has 0 unspecified atom stereocenters. The number of methoxy groups -OCH3 is 1. The lowest BCUT2D eigenvalue weighted by atomic mass is 10.2. The van der Waals surface area contributed by atoms with Crippen molar-refractivity contribution in [1.29, 1.82) is 0 Å². The average molecular weight is 437 g/mol. The van der Waals surface area contributed by atoms with Crippen molar-refractivity contribution in [3.05, 3.63) is 42.0 Å². The number of furan rings is 1. The van der Waals surface area contributed by atoms with Gasteiger partial charge in [-0.1, -0.05) is 18.2 Å². The van der Waals surface area contributed by atoms with Gasteiger partial charge in [0, 0.05) is 19.3 Å². The van der Waals surface area contributed by atoms with Gasteiger partial charge in [0.25, 0.3) is 0 Å². The van der Waals surface area contributed by atoms with Gasteiger partial charge in [-0.3, -0.25) is 4.40 Å². The van der Waals surface area contributed by atoms with Gasteiger partial charge >= 0.3 is 5.97 Å². The molecule has 0 saturated carbocycles. The molecule has 0 radical (unpaired) electrons. The van der Waals surface area contributed by atoms with E-state index in [1.807, 2.05) is 0 Å². The number of aromatic nitrogens is 3. The number of hydrogen-bond acceptors (Lipinski definition) is 8. The van der Waals surface area contributed by atoms with E-state index in [9.17, 15) is 13.2 Å². The first-order chi connectivity index (χ1) is 14.0. The molecule has 4 heterocycles. The van der Waals surface area contributed by atoms with E-state index in [4.69, 9.17) is 4.42 Å². The molecule has 29 heavy (non-hydrogen) atoms. The third-order valence-electron chi connectivity index (χ3n) is 4.69. The standard InChI is InChI=1S/C18H20N4O5S2/c1-26-17(23)14-8-7-13(27-14)12-28-18-20-19-16-15(6-5-11-22(16)18)29(24,25)21-9-3-2-4-10-21/h5-8,11H,2-4,9-10,12H2,1H3. The van der Waals surface area contributed by atoms with Crippen LogP contribution < -0.4 is 0 Å². The van der Waals surface area contributed by atoms with Crippen LogP contribution in [0.2, 0.25) is 0 Å². The second-order valence-corrected chi connectivity index (χ2v) is 9.41. The lowest BCUT2D eigenvalue weighted by molar-refractivity contribution is 0.0563. The minimum atomic E-state index is -3.62. The minimum absolute atomic E-state index is 0.129. The number of ether oxygens (including phenoxy) is 1. The summed E-state index contributed by atoms with van der Waals surface area (Å²) in [6, 6.07) is 6.48. The predicted molar refractivity (Wildman–Crippen MR) is 105 cm³/mol. The molecule has 1 saturated heterocycles. The van der Waals surface area contributed by atoms with Gasteiger partial charge in [-0.15, -0.1) is 10.2 Å². The van der Waals surface area contributed by atoms with E-state index in [1.54, 1.807) is 34.9 Å². The zero-order valence-corrected chi connectivity index (χ0v) is 17.4. The molecule has 154 valence electrons. The van der Waals surface area contributed by atoms with Gasteiger partial charge in [0.05, 0.1) is 12.9 Å². The van der Waals surface area contributed by atoms with E-state index in [0.717, 1.165) is 19.3 Å². The highest BCUT2D eigenvalue weighted by Crippen LogP contribution is 2.27.